The van der Waals surface area contributed by atoms with Gasteiger partial charge in [-0.1, -0.05) is 18.2 Å². The van der Waals surface area contributed by atoms with Crippen LogP contribution in [0.3, 0.4) is 0 Å². The maximum absolute atomic E-state index is 9.00. The van der Waals surface area contributed by atoms with Gasteiger partial charge in [-0.25, -0.2) is 10.3 Å². The second-order valence-corrected chi connectivity index (χ2v) is 2.55. The van der Waals surface area contributed by atoms with Crippen molar-refractivity contribution in [2.24, 2.45) is 0 Å². The van der Waals surface area contributed by atoms with Crippen molar-refractivity contribution < 1.29 is 19.5 Å². The largest absolute Gasteiger partial charge is 0.476 e. The molecule has 0 saturated carbocycles. The predicted molar refractivity (Wildman–Crippen MR) is 52.9 cm³/mol. The molecule has 0 aliphatic carbocycles. The molecule has 5 nitrogen and oxygen atoms in total. The normalized spacial score (nSPS) is 10.9. The Morgan fingerprint density at radius 2 is 2.07 bits per heavy atom. The molecule has 0 radical (unpaired) electrons. The molecule has 0 amide bonds. The van der Waals surface area contributed by atoms with Gasteiger partial charge in [-0.15, -0.1) is 0 Å². The molecule has 0 fully saturated rings. The van der Waals surface area contributed by atoms with Gasteiger partial charge in [0.25, 0.3) is 0 Å². The fraction of sp³-hybridized carbons (Fsp3) is 0. The Kier molecular flexibility index (Phi) is 3.91. The van der Waals surface area contributed by atoms with Gasteiger partial charge in [-0.3, -0.25) is 4.79 Å². The molecule has 15 heavy (non-hydrogen) atoms. The fourth-order valence-corrected chi connectivity index (χ4v) is 0.932. The standard InChI is InChI=1S/C8H7NO.C2H2O3/c1-2-4-8-7(3-1)5-6-9-10-8;3-1-2(4)5/h1-6,9H;1H,(H,4,5). The van der Waals surface area contributed by atoms with Crippen LogP contribution in [0.15, 0.2) is 30.5 Å². The highest BCUT2D eigenvalue weighted by Crippen LogP contribution is 2.20. The van der Waals surface area contributed by atoms with E-state index in [-0.39, 0.29) is 6.29 Å². The molecule has 1 aliphatic rings. The maximum Gasteiger partial charge on any atom is 0.368 e. The van der Waals surface area contributed by atoms with Gasteiger partial charge >= 0.3 is 5.97 Å². The van der Waals surface area contributed by atoms with Gasteiger partial charge in [0.2, 0.25) is 6.29 Å². The molecule has 1 aliphatic heterocycles. The molecular weight excluding hydrogens is 198 g/mol. The highest BCUT2D eigenvalue weighted by molar-refractivity contribution is 6.19. The quantitative estimate of drug-likeness (QED) is 0.526. The summed E-state index contributed by atoms with van der Waals surface area (Å²) in [6, 6.07) is 7.86. The molecule has 0 unspecified atom stereocenters. The Morgan fingerprint density at radius 3 is 2.67 bits per heavy atom. The number of carboxylic acids is 1. The van der Waals surface area contributed by atoms with Crippen molar-refractivity contribution in [1.82, 2.24) is 5.48 Å². The van der Waals surface area contributed by atoms with Gasteiger partial charge in [0.1, 0.15) is 0 Å². The van der Waals surface area contributed by atoms with E-state index in [1.54, 1.807) is 6.20 Å². The third-order valence-corrected chi connectivity index (χ3v) is 1.52. The van der Waals surface area contributed by atoms with Crippen molar-refractivity contribution in [3.05, 3.63) is 36.0 Å². The van der Waals surface area contributed by atoms with Crippen LogP contribution in [0.1, 0.15) is 5.56 Å². The summed E-state index contributed by atoms with van der Waals surface area (Å²) in [5, 5.41) is 7.35. The molecule has 0 aromatic heterocycles. The molecule has 1 aromatic rings. The Labute approximate surface area is 85.9 Å². The van der Waals surface area contributed by atoms with Crippen molar-refractivity contribution in [3.63, 3.8) is 0 Å². The number of benzene rings is 1. The first-order chi connectivity index (χ1) is 7.24. The Balaban J connectivity index is 0.000000195. The first-order valence-electron chi connectivity index (χ1n) is 4.10. The number of fused-ring (bicyclic) bond motifs is 1. The number of para-hydroxylation sites is 1. The Bertz CT molecular complexity index is 387. The van der Waals surface area contributed by atoms with E-state index in [2.05, 4.69) is 5.48 Å². The van der Waals surface area contributed by atoms with E-state index < -0.39 is 5.97 Å². The number of carboxylic acid groups (broad SMARTS) is 1. The first-order valence-corrected chi connectivity index (χ1v) is 4.10. The number of hydrogen-bond acceptors (Lipinski definition) is 4. The predicted octanol–water partition coefficient (Wildman–Crippen LogP) is 0.824. The summed E-state index contributed by atoms with van der Waals surface area (Å²) in [4.78, 5) is 23.0. The molecular formula is C10H9NO4. The van der Waals surface area contributed by atoms with Crippen LogP contribution in [0.4, 0.5) is 0 Å². The van der Waals surface area contributed by atoms with Gasteiger partial charge < -0.3 is 9.94 Å². The van der Waals surface area contributed by atoms with E-state index in [0.29, 0.717) is 0 Å². The lowest BCUT2D eigenvalue weighted by molar-refractivity contribution is -0.143. The lowest BCUT2D eigenvalue weighted by Crippen LogP contribution is -2.13. The number of aliphatic carboxylic acids is 1. The first kappa shape index (κ1) is 10.8. The summed E-state index contributed by atoms with van der Waals surface area (Å²) in [5.41, 5.74) is 3.77. The summed E-state index contributed by atoms with van der Waals surface area (Å²) < 4.78 is 0. The number of hydroxylamine groups is 1. The lowest BCUT2D eigenvalue weighted by Gasteiger charge is -2.11. The zero-order valence-corrected chi connectivity index (χ0v) is 7.71. The summed E-state index contributed by atoms with van der Waals surface area (Å²) in [5.74, 6) is -0.546. The average Bonchev–Trinajstić information content (AvgIpc) is 2.30. The van der Waals surface area contributed by atoms with Gasteiger partial charge in [0.05, 0.1) is 0 Å². The van der Waals surface area contributed by atoms with E-state index in [0.717, 1.165) is 11.3 Å². The molecule has 1 heterocycles. The summed E-state index contributed by atoms with van der Waals surface area (Å²) in [6.45, 7) is 0. The molecule has 5 heteroatoms. The minimum Gasteiger partial charge on any atom is -0.476 e. The van der Waals surface area contributed by atoms with E-state index in [1.165, 1.54) is 0 Å². The van der Waals surface area contributed by atoms with Crippen molar-refractivity contribution in [2.45, 2.75) is 0 Å². The molecule has 1 aromatic carbocycles. The van der Waals surface area contributed by atoms with Crippen LogP contribution < -0.4 is 10.3 Å². The zero-order chi connectivity index (χ0) is 11.1. The van der Waals surface area contributed by atoms with Gasteiger partial charge in [0, 0.05) is 11.8 Å². The molecule has 0 atom stereocenters. The lowest BCUT2D eigenvalue weighted by atomic mass is 10.2. The van der Waals surface area contributed by atoms with Crippen LogP contribution in [0, 0.1) is 0 Å². The van der Waals surface area contributed by atoms with Gasteiger partial charge in [-0.2, -0.15) is 0 Å². The van der Waals surface area contributed by atoms with Crippen LogP contribution in [-0.4, -0.2) is 17.4 Å². The van der Waals surface area contributed by atoms with E-state index >= 15 is 0 Å². The van der Waals surface area contributed by atoms with Crippen LogP contribution >= 0.6 is 0 Å². The number of rotatable bonds is 1. The Morgan fingerprint density at radius 1 is 1.40 bits per heavy atom. The van der Waals surface area contributed by atoms with E-state index in [9.17, 15) is 0 Å². The number of aldehydes is 1. The second kappa shape index (κ2) is 5.43. The molecule has 0 saturated heterocycles. The highest BCUT2D eigenvalue weighted by atomic mass is 16.6. The van der Waals surface area contributed by atoms with Crippen molar-refractivity contribution in [3.8, 4) is 5.75 Å². The maximum atomic E-state index is 9.00. The molecule has 0 spiro atoms. The minimum absolute atomic E-state index is 0.167. The summed E-state index contributed by atoms with van der Waals surface area (Å²) >= 11 is 0. The van der Waals surface area contributed by atoms with Crippen LogP contribution in [0.25, 0.3) is 6.08 Å². The number of hydrogen-bond donors (Lipinski definition) is 2. The molecule has 2 N–H and O–H groups in total. The van der Waals surface area contributed by atoms with Gasteiger partial charge in [0.15, 0.2) is 5.75 Å². The number of nitrogens with one attached hydrogen (secondary N) is 1. The highest BCUT2D eigenvalue weighted by Gasteiger charge is 2.01. The van der Waals surface area contributed by atoms with Crippen molar-refractivity contribution in [1.29, 1.82) is 0 Å². The third kappa shape index (κ3) is 3.51. The average molecular weight is 207 g/mol. The van der Waals surface area contributed by atoms with Crippen LogP contribution in [-0.2, 0) is 9.59 Å². The van der Waals surface area contributed by atoms with Crippen LogP contribution in [0.2, 0.25) is 0 Å². The second-order valence-electron chi connectivity index (χ2n) is 2.55. The summed E-state index contributed by atoms with van der Waals surface area (Å²) in [7, 11) is 0. The third-order valence-electron chi connectivity index (χ3n) is 1.52. The monoisotopic (exact) mass is 207 g/mol. The molecule has 78 valence electrons. The smallest absolute Gasteiger partial charge is 0.368 e. The van der Waals surface area contributed by atoms with Crippen molar-refractivity contribution in [2.75, 3.05) is 0 Å². The van der Waals surface area contributed by atoms with Gasteiger partial charge in [-0.05, 0) is 12.1 Å². The SMILES string of the molecule is C1=Cc2ccccc2ON1.O=CC(=O)O. The van der Waals surface area contributed by atoms with Crippen LogP contribution in [0.5, 0.6) is 5.75 Å². The zero-order valence-electron chi connectivity index (χ0n) is 7.71. The number of carbonyl (C=O) groups is 2. The topological polar surface area (TPSA) is 75.6 Å². The minimum atomic E-state index is -1.43. The van der Waals surface area contributed by atoms with E-state index in [1.807, 2.05) is 30.3 Å². The molecule has 2 rings (SSSR count). The molecule has 0 bridgehead atoms. The Hall–Kier alpha value is -2.30. The van der Waals surface area contributed by atoms with E-state index in [4.69, 9.17) is 19.5 Å². The number of carbonyl (C=O) groups excluding carboxylic acids is 1. The van der Waals surface area contributed by atoms with Crippen molar-refractivity contribution >= 4 is 18.3 Å². The summed E-state index contributed by atoms with van der Waals surface area (Å²) in [6.07, 6.45) is 3.57. The fourth-order valence-electron chi connectivity index (χ4n) is 0.932.